The third kappa shape index (κ3) is 4.47. The third-order valence-electron chi connectivity index (χ3n) is 5.48. The van der Waals surface area contributed by atoms with Crippen molar-refractivity contribution in [1.29, 1.82) is 5.41 Å². The summed E-state index contributed by atoms with van der Waals surface area (Å²) in [5.74, 6) is -2.87. The van der Waals surface area contributed by atoms with Gasteiger partial charge < -0.3 is 35.7 Å². The van der Waals surface area contributed by atoms with Crippen molar-refractivity contribution in [2.24, 2.45) is 0 Å². The number of carbonyl (C=O) groups is 3. The van der Waals surface area contributed by atoms with Gasteiger partial charge >= 0.3 is 0 Å². The van der Waals surface area contributed by atoms with Gasteiger partial charge in [0.05, 0.1) is 18.8 Å². The summed E-state index contributed by atoms with van der Waals surface area (Å²) >= 11 is 0. The third-order valence-corrected chi connectivity index (χ3v) is 5.48. The quantitative estimate of drug-likeness (QED) is 0.0598. The number of rotatable bonds is 9. The summed E-state index contributed by atoms with van der Waals surface area (Å²) in [5.41, 5.74) is -3.01. The summed E-state index contributed by atoms with van der Waals surface area (Å²) in [6.07, 6.45) is 0.806. The minimum Gasteiger partial charge on any atom is -0.507 e. The number of Topliss-reactive ketones (excluding diaryl/α,β-unsaturated/α-hetero) is 2. The first kappa shape index (κ1) is 24.9. The van der Waals surface area contributed by atoms with E-state index < -0.39 is 60.6 Å². The molecule has 2 atom stereocenters. The van der Waals surface area contributed by atoms with Gasteiger partial charge in [-0.05, 0) is 19.1 Å². The van der Waals surface area contributed by atoms with E-state index in [-0.39, 0.29) is 33.6 Å². The van der Waals surface area contributed by atoms with Crippen LogP contribution in [0.25, 0.3) is 0 Å². The molecule has 0 bridgehead atoms. The molecule has 10 heteroatoms. The Morgan fingerprint density at radius 1 is 1.28 bits per heavy atom. The maximum absolute atomic E-state index is 13.0. The van der Waals surface area contributed by atoms with Gasteiger partial charge in [-0.25, -0.2) is 0 Å². The predicted octanol–water partition coefficient (Wildman–Crippen LogP) is 0.556. The van der Waals surface area contributed by atoms with E-state index in [1.54, 1.807) is 0 Å². The van der Waals surface area contributed by atoms with Crippen LogP contribution in [0.3, 0.4) is 0 Å². The van der Waals surface area contributed by atoms with Crippen molar-refractivity contribution in [3.63, 3.8) is 0 Å². The molecule has 172 valence electrons. The molecule has 0 aliphatic heterocycles. The van der Waals surface area contributed by atoms with Crippen molar-refractivity contribution < 1.29 is 44.7 Å². The average Bonchev–Trinajstić information content (AvgIpc) is 2.76. The van der Waals surface area contributed by atoms with Crippen LogP contribution in [0.5, 0.6) is 11.5 Å². The molecule has 0 saturated heterocycles. The molecule has 0 fully saturated rings. The van der Waals surface area contributed by atoms with Gasteiger partial charge in [0.15, 0.2) is 11.6 Å². The lowest BCUT2D eigenvalue weighted by Gasteiger charge is -2.36. The van der Waals surface area contributed by atoms with Crippen molar-refractivity contribution in [1.82, 2.24) is 0 Å². The number of fused-ring (bicyclic) bond motifs is 1. The van der Waals surface area contributed by atoms with Crippen molar-refractivity contribution in [2.45, 2.75) is 37.9 Å². The van der Waals surface area contributed by atoms with E-state index in [2.05, 4.69) is 0 Å². The second-order valence-corrected chi connectivity index (χ2v) is 7.44. The lowest BCUT2D eigenvalue weighted by atomic mass is 9.74. The highest BCUT2D eigenvalue weighted by Crippen LogP contribution is 2.48. The number of phenols is 2. The molecule has 0 spiro atoms. The minimum atomic E-state index is -2.20. The number of hydrogen-bond acceptors (Lipinski definition) is 10. The van der Waals surface area contributed by atoms with Crippen LogP contribution >= 0.6 is 0 Å². The molecular weight excluding hydrogens is 422 g/mol. The topological polar surface area (TPSA) is 185 Å². The number of ether oxygens (including phenoxy) is 1. The van der Waals surface area contributed by atoms with E-state index in [0.717, 1.165) is 6.21 Å². The SMILES string of the molecule is COC(/C=C\C=N)=C(\C=O)CC(=O)c1c(C)c(O)c2c(c1O)CC(O)(C(=O)CO)CC2O. The first-order valence-corrected chi connectivity index (χ1v) is 9.60. The molecule has 32 heavy (non-hydrogen) atoms. The number of nitrogens with one attached hydrogen (secondary N) is 1. The Morgan fingerprint density at radius 3 is 2.47 bits per heavy atom. The molecule has 0 saturated carbocycles. The summed E-state index contributed by atoms with van der Waals surface area (Å²) in [7, 11) is 1.27. The van der Waals surface area contributed by atoms with Gasteiger partial charge in [-0.3, -0.25) is 14.4 Å². The number of carbonyl (C=O) groups excluding carboxylic acids is 3. The van der Waals surface area contributed by atoms with Crippen LogP contribution in [-0.2, 0) is 20.7 Å². The average molecular weight is 447 g/mol. The number of benzene rings is 1. The predicted molar refractivity (Wildman–Crippen MR) is 112 cm³/mol. The van der Waals surface area contributed by atoms with Crippen molar-refractivity contribution in [3.05, 3.63) is 45.7 Å². The molecule has 10 nitrogen and oxygen atoms in total. The van der Waals surface area contributed by atoms with Gasteiger partial charge in [0.25, 0.3) is 0 Å². The zero-order valence-electron chi connectivity index (χ0n) is 17.6. The van der Waals surface area contributed by atoms with Crippen LogP contribution in [0.2, 0.25) is 0 Å². The van der Waals surface area contributed by atoms with Gasteiger partial charge in [0, 0.05) is 47.7 Å². The van der Waals surface area contributed by atoms with Gasteiger partial charge in [-0.2, -0.15) is 0 Å². The Labute approximate surface area is 183 Å². The molecule has 1 aliphatic rings. The summed E-state index contributed by atoms with van der Waals surface area (Å²) < 4.78 is 5.06. The first-order chi connectivity index (χ1) is 15.1. The number of aromatic hydroxyl groups is 2. The highest BCUT2D eigenvalue weighted by atomic mass is 16.5. The van der Waals surface area contributed by atoms with Crippen molar-refractivity contribution >= 4 is 24.1 Å². The molecule has 1 aromatic rings. The molecule has 6 N–H and O–H groups in total. The molecule has 0 amide bonds. The van der Waals surface area contributed by atoms with Gasteiger partial charge in [0.2, 0.25) is 0 Å². The lowest BCUT2D eigenvalue weighted by molar-refractivity contribution is -0.145. The fourth-order valence-corrected chi connectivity index (χ4v) is 3.83. The molecule has 2 unspecified atom stereocenters. The fourth-order valence-electron chi connectivity index (χ4n) is 3.83. The van der Waals surface area contributed by atoms with Crippen molar-refractivity contribution in [2.75, 3.05) is 13.7 Å². The summed E-state index contributed by atoms with van der Waals surface area (Å²) in [4.78, 5) is 36.5. The fraction of sp³-hybridized carbons (Fsp3) is 0.364. The largest absolute Gasteiger partial charge is 0.507 e. The first-order valence-electron chi connectivity index (χ1n) is 9.60. The number of methoxy groups -OCH3 is 1. The number of aldehydes is 1. The maximum Gasteiger partial charge on any atom is 0.190 e. The number of aliphatic hydroxyl groups is 3. The summed E-state index contributed by atoms with van der Waals surface area (Å²) in [6, 6.07) is 0. The van der Waals surface area contributed by atoms with E-state index in [0.29, 0.717) is 6.29 Å². The van der Waals surface area contributed by atoms with Gasteiger partial charge in [0.1, 0.15) is 35.8 Å². The normalized spacial score (nSPS) is 21.0. The lowest BCUT2D eigenvalue weighted by Crippen LogP contribution is -2.46. The molecule has 0 heterocycles. The Bertz CT molecular complexity index is 1020. The van der Waals surface area contributed by atoms with Gasteiger partial charge in [-0.1, -0.05) is 0 Å². The van der Waals surface area contributed by atoms with Crippen LogP contribution in [0, 0.1) is 12.3 Å². The van der Waals surface area contributed by atoms with Crippen molar-refractivity contribution in [3.8, 4) is 11.5 Å². The second-order valence-electron chi connectivity index (χ2n) is 7.44. The van der Waals surface area contributed by atoms with Crippen LogP contribution in [0.1, 0.15) is 46.0 Å². The van der Waals surface area contributed by atoms with Crippen LogP contribution in [0.15, 0.2) is 23.5 Å². The smallest absolute Gasteiger partial charge is 0.190 e. The Hall–Kier alpha value is -3.34. The van der Waals surface area contributed by atoms with E-state index in [1.807, 2.05) is 0 Å². The maximum atomic E-state index is 13.0. The number of phenolic OH excluding ortho intramolecular Hbond substituents is 2. The number of aliphatic hydroxyl groups excluding tert-OH is 2. The Balaban J connectivity index is 2.62. The van der Waals surface area contributed by atoms with E-state index in [4.69, 9.17) is 15.3 Å². The minimum absolute atomic E-state index is 0.0227. The molecule has 0 aromatic heterocycles. The summed E-state index contributed by atoms with van der Waals surface area (Å²) in [5, 5.41) is 58.6. The molecule has 1 aromatic carbocycles. The molecule has 1 aliphatic carbocycles. The Kier molecular flexibility index (Phi) is 7.68. The van der Waals surface area contributed by atoms with E-state index >= 15 is 0 Å². The molecule has 0 radical (unpaired) electrons. The highest BCUT2D eigenvalue weighted by Gasteiger charge is 2.45. The summed E-state index contributed by atoms with van der Waals surface area (Å²) in [6.45, 7) is 0.338. The number of hydrogen-bond donors (Lipinski definition) is 6. The van der Waals surface area contributed by atoms with E-state index in [9.17, 15) is 34.8 Å². The van der Waals surface area contributed by atoms with Gasteiger partial charge in [-0.15, -0.1) is 0 Å². The molecular formula is C22H25NO9. The zero-order valence-corrected chi connectivity index (χ0v) is 17.6. The zero-order chi connectivity index (χ0) is 24.2. The standard InChI is InChI=1S/C22H25NO9/c1-11-18(14(26)6-12(9-24)16(32-2)4-3-5-23)21(30)13-7-22(31,17(28)10-25)8-15(27)19(13)20(11)29/h3-5,9,15,23,25,27,29-31H,6-8,10H2,1-2H3/b4-3-,16-12-,23-5?. The molecule has 2 rings (SSSR count). The second kappa shape index (κ2) is 9.86. The van der Waals surface area contributed by atoms with Crippen LogP contribution in [0.4, 0.5) is 0 Å². The van der Waals surface area contributed by atoms with Crippen LogP contribution < -0.4 is 0 Å². The Morgan fingerprint density at radius 2 is 1.94 bits per heavy atom. The highest BCUT2D eigenvalue weighted by molar-refractivity contribution is 6.05. The van der Waals surface area contributed by atoms with E-state index in [1.165, 1.54) is 26.2 Å². The van der Waals surface area contributed by atoms with Crippen LogP contribution in [-0.4, -0.2) is 68.9 Å². The number of allylic oxidation sites excluding steroid dienone is 3. The monoisotopic (exact) mass is 447 g/mol. The number of ketones is 2.